The van der Waals surface area contributed by atoms with Crippen molar-refractivity contribution in [2.24, 2.45) is 5.41 Å². The number of rotatable bonds is 5. The molecule has 0 aliphatic carbocycles. The van der Waals surface area contributed by atoms with E-state index in [1.165, 1.54) is 6.92 Å². The number of carbonyl (C=O) groups is 2. The Morgan fingerprint density at radius 1 is 1.38 bits per heavy atom. The first-order valence-corrected chi connectivity index (χ1v) is 3.86. The van der Waals surface area contributed by atoms with Gasteiger partial charge in [-0.2, -0.15) is 0 Å². The van der Waals surface area contributed by atoms with Crippen LogP contribution in [0.1, 0.15) is 13.3 Å². The van der Waals surface area contributed by atoms with E-state index in [4.69, 9.17) is 10.2 Å². The highest BCUT2D eigenvalue weighted by atomic mass is 16.5. The Kier molecular flexibility index (Phi) is 4.58. The first-order valence-electron chi connectivity index (χ1n) is 3.86. The third kappa shape index (κ3) is 2.26. The lowest BCUT2D eigenvalue weighted by molar-refractivity contribution is -0.161. The van der Waals surface area contributed by atoms with Crippen LogP contribution in [-0.4, -0.2) is 42.3 Å². The molecule has 0 aliphatic heterocycles. The maximum absolute atomic E-state index is 11.2. The van der Waals surface area contributed by atoms with Crippen molar-refractivity contribution >= 4 is 11.8 Å². The van der Waals surface area contributed by atoms with Gasteiger partial charge in [0.25, 0.3) is 0 Å². The standard InChI is InChI=1S/C8H14O5/c1-6(11)8(5-10,3-4-9)7(12)13-2/h9-10H,3-5H2,1-2H3. The molecule has 0 saturated carbocycles. The highest BCUT2D eigenvalue weighted by Crippen LogP contribution is 2.24. The molecule has 0 radical (unpaired) electrons. The fourth-order valence-electron chi connectivity index (χ4n) is 1.06. The molecule has 0 heterocycles. The van der Waals surface area contributed by atoms with Crippen LogP contribution in [0.5, 0.6) is 0 Å². The third-order valence-electron chi connectivity index (χ3n) is 2.06. The number of esters is 1. The normalized spacial score (nSPS) is 14.8. The molecule has 0 aliphatic rings. The van der Waals surface area contributed by atoms with Gasteiger partial charge in [0, 0.05) is 6.61 Å². The minimum atomic E-state index is -1.59. The molecular weight excluding hydrogens is 176 g/mol. The van der Waals surface area contributed by atoms with E-state index in [1.807, 2.05) is 0 Å². The highest BCUT2D eigenvalue weighted by Gasteiger charge is 2.43. The van der Waals surface area contributed by atoms with Crippen LogP contribution in [0.2, 0.25) is 0 Å². The van der Waals surface area contributed by atoms with Crippen molar-refractivity contribution in [3.63, 3.8) is 0 Å². The van der Waals surface area contributed by atoms with Crippen LogP contribution in [0.15, 0.2) is 0 Å². The molecule has 0 aromatic carbocycles. The van der Waals surface area contributed by atoms with Gasteiger partial charge in [0.05, 0.1) is 13.7 Å². The van der Waals surface area contributed by atoms with Gasteiger partial charge in [-0.15, -0.1) is 0 Å². The summed E-state index contributed by atoms with van der Waals surface area (Å²) in [6.45, 7) is 0.188. The fraction of sp³-hybridized carbons (Fsp3) is 0.750. The van der Waals surface area contributed by atoms with Gasteiger partial charge in [0.15, 0.2) is 5.41 Å². The summed E-state index contributed by atoms with van der Waals surface area (Å²) in [6, 6.07) is 0. The van der Waals surface area contributed by atoms with Gasteiger partial charge in [0.1, 0.15) is 5.78 Å². The zero-order valence-electron chi connectivity index (χ0n) is 7.74. The van der Waals surface area contributed by atoms with Crippen LogP contribution in [0.4, 0.5) is 0 Å². The van der Waals surface area contributed by atoms with E-state index in [2.05, 4.69) is 4.74 Å². The Hall–Kier alpha value is -0.940. The number of hydrogen-bond donors (Lipinski definition) is 2. The van der Waals surface area contributed by atoms with Crippen LogP contribution in [0.3, 0.4) is 0 Å². The third-order valence-corrected chi connectivity index (χ3v) is 2.06. The Morgan fingerprint density at radius 3 is 2.15 bits per heavy atom. The van der Waals surface area contributed by atoms with E-state index in [0.29, 0.717) is 0 Å². The summed E-state index contributed by atoms with van der Waals surface area (Å²) in [5, 5.41) is 17.6. The second kappa shape index (κ2) is 4.94. The van der Waals surface area contributed by atoms with Crippen molar-refractivity contribution in [1.82, 2.24) is 0 Å². The van der Waals surface area contributed by atoms with Crippen LogP contribution in [0, 0.1) is 5.41 Å². The van der Waals surface area contributed by atoms with Gasteiger partial charge in [-0.3, -0.25) is 9.59 Å². The molecule has 5 nitrogen and oxygen atoms in total. The number of aliphatic hydroxyl groups is 2. The lowest BCUT2D eigenvalue weighted by Gasteiger charge is -2.24. The smallest absolute Gasteiger partial charge is 0.321 e. The van der Waals surface area contributed by atoms with Gasteiger partial charge in [0.2, 0.25) is 0 Å². The van der Waals surface area contributed by atoms with E-state index in [0.717, 1.165) is 7.11 Å². The molecule has 13 heavy (non-hydrogen) atoms. The maximum atomic E-state index is 11.2. The van der Waals surface area contributed by atoms with Crippen molar-refractivity contribution in [3.8, 4) is 0 Å². The summed E-state index contributed by atoms with van der Waals surface area (Å²) in [7, 11) is 1.13. The second-order valence-corrected chi connectivity index (χ2v) is 2.76. The van der Waals surface area contributed by atoms with Gasteiger partial charge >= 0.3 is 5.97 Å². The molecule has 1 atom stereocenters. The summed E-state index contributed by atoms with van der Waals surface area (Å²) in [6.07, 6.45) is -0.120. The van der Waals surface area contributed by atoms with E-state index in [1.54, 1.807) is 0 Å². The lowest BCUT2D eigenvalue weighted by Crippen LogP contribution is -2.43. The van der Waals surface area contributed by atoms with E-state index >= 15 is 0 Å². The van der Waals surface area contributed by atoms with Gasteiger partial charge < -0.3 is 14.9 Å². The number of aliphatic hydroxyl groups excluding tert-OH is 2. The molecule has 0 rings (SSSR count). The van der Waals surface area contributed by atoms with Crippen molar-refractivity contribution in [2.45, 2.75) is 13.3 Å². The molecule has 0 bridgehead atoms. The number of Topliss-reactive ketones (excluding diaryl/α,β-unsaturated/α-hetero) is 1. The second-order valence-electron chi connectivity index (χ2n) is 2.76. The molecule has 0 saturated heterocycles. The van der Waals surface area contributed by atoms with Crippen molar-refractivity contribution in [1.29, 1.82) is 0 Å². The number of hydrogen-bond acceptors (Lipinski definition) is 5. The van der Waals surface area contributed by atoms with Crippen LogP contribution < -0.4 is 0 Å². The quantitative estimate of drug-likeness (QED) is 0.434. The van der Waals surface area contributed by atoms with Gasteiger partial charge in [-0.05, 0) is 13.3 Å². The molecule has 0 aromatic rings. The summed E-state index contributed by atoms with van der Waals surface area (Å²) < 4.78 is 4.39. The largest absolute Gasteiger partial charge is 0.468 e. The minimum Gasteiger partial charge on any atom is -0.468 e. The summed E-state index contributed by atoms with van der Waals surface area (Å²) >= 11 is 0. The van der Waals surface area contributed by atoms with E-state index in [9.17, 15) is 9.59 Å². The van der Waals surface area contributed by atoms with Crippen LogP contribution in [-0.2, 0) is 14.3 Å². The Balaban J connectivity index is 4.85. The predicted octanol–water partition coefficient (Wildman–Crippen LogP) is -0.891. The maximum Gasteiger partial charge on any atom is 0.321 e. The number of ketones is 1. The first-order chi connectivity index (χ1) is 6.05. The summed E-state index contributed by atoms with van der Waals surface area (Å²) in [5.41, 5.74) is -1.59. The molecule has 0 spiro atoms. The Bertz CT molecular complexity index is 201. The van der Waals surface area contributed by atoms with Crippen molar-refractivity contribution in [3.05, 3.63) is 0 Å². The number of ether oxygens (including phenoxy) is 1. The minimum absolute atomic E-state index is 0.120. The zero-order chi connectivity index (χ0) is 10.5. The topological polar surface area (TPSA) is 83.8 Å². The predicted molar refractivity (Wildman–Crippen MR) is 43.9 cm³/mol. The molecule has 1 unspecified atom stereocenters. The summed E-state index contributed by atoms with van der Waals surface area (Å²) in [5.74, 6) is -1.31. The van der Waals surface area contributed by atoms with Crippen LogP contribution in [0.25, 0.3) is 0 Å². The SMILES string of the molecule is COC(=O)C(CO)(CCO)C(C)=O. The zero-order valence-corrected chi connectivity index (χ0v) is 7.74. The number of methoxy groups -OCH3 is 1. The lowest BCUT2D eigenvalue weighted by atomic mass is 9.82. The van der Waals surface area contributed by atoms with E-state index in [-0.39, 0.29) is 13.0 Å². The Labute approximate surface area is 76.3 Å². The molecule has 0 amide bonds. The van der Waals surface area contributed by atoms with E-state index < -0.39 is 23.8 Å². The molecule has 76 valence electrons. The monoisotopic (exact) mass is 190 g/mol. The van der Waals surface area contributed by atoms with Gasteiger partial charge in [-0.25, -0.2) is 0 Å². The molecular formula is C8H14O5. The average molecular weight is 190 g/mol. The average Bonchev–Trinajstić information content (AvgIpc) is 2.12. The molecule has 2 N–H and O–H groups in total. The fourth-order valence-corrected chi connectivity index (χ4v) is 1.06. The number of carbonyl (C=O) groups excluding carboxylic acids is 2. The highest BCUT2D eigenvalue weighted by molar-refractivity contribution is 6.02. The summed E-state index contributed by atoms with van der Waals surface area (Å²) in [4.78, 5) is 22.3. The first kappa shape index (κ1) is 12.1. The molecule has 0 fully saturated rings. The van der Waals surface area contributed by atoms with Gasteiger partial charge in [-0.1, -0.05) is 0 Å². The molecule has 5 heteroatoms. The van der Waals surface area contributed by atoms with Crippen molar-refractivity contribution < 1.29 is 24.5 Å². The van der Waals surface area contributed by atoms with Crippen LogP contribution >= 0.6 is 0 Å². The van der Waals surface area contributed by atoms with Crippen molar-refractivity contribution in [2.75, 3.05) is 20.3 Å². The molecule has 0 aromatic heterocycles. The Morgan fingerprint density at radius 2 is 1.92 bits per heavy atom.